The topological polar surface area (TPSA) is 41.1 Å². The molecule has 0 fully saturated rings. The molecular formula is C16H20N2OS. The molecule has 2 aromatic rings. The second-order valence-corrected chi connectivity index (χ2v) is 5.51. The van der Waals surface area contributed by atoms with Gasteiger partial charge in [-0.3, -0.25) is 4.79 Å². The highest BCUT2D eigenvalue weighted by Crippen LogP contribution is 2.25. The molecular weight excluding hydrogens is 268 g/mol. The molecule has 1 unspecified atom stereocenters. The van der Waals surface area contributed by atoms with Gasteiger partial charge in [-0.25, -0.2) is 0 Å². The maximum Gasteiger partial charge on any atom is 0.222 e. The maximum atomic E-state index is 12.1. The Morgan fingerprint density at radius 1 is 1.20 bits per heavy atom. The van der Waals surface area contributed by atoms with Crippen molar-refractivity contribution in [3.05, 3.63) is 58.3 Å². The molecule has 0 aliphatic heterocycles. The third-order valence-corrected chi connectivity index (χ3v) is 3.98. The zero-order valence-corrected chi connectivity index (χ0v) is 12.5. The van der Waals surface area contributed by atoms with Gasteiger partial charge in [0.2, 0.25) is 5.91 Å². The highest BCUT2D eigenvalue weighted by molar-refractivity contribution is 7.10. The van der Waals surface area contributed by atoms with Gasteiger partial charge in [-0.05, 0) is 23.6 Å². The summed E-state index contributed by atoms with van der Waals surface area (Å²) in [6.45, 7) is 3.64. The average molecular weight is 288 g/mol. The molecule has 0 saturated carbocycles. The van der Waals surface area contributed by atoms with E-state index in [9.17, 15) is 4.79 Å². The van der Waals surface area contributed by atoms with Crippen LogP contribution in [0.5, 0.6) is 0 Å². The molecule has 1 aromatic heterocycles. The maximum absolute atomic E-state index is 12.1. The van der Waals surface area contributed by atoms with Gasteiger partial charge < -0.3 is 10.6 Å². The van der Waals surface area contributed by atoms with E-state index in [1.54, 1.807) is 11.3 Å². The van der Waals surface area contributed by atoms with E-state index in [1.807, 2.05) is 36.6 Å². The first kappa shape index (κ1) is 14.8. The molecule has 20 heavy (non-hydrogen) atoms. The van der Waals surface area contributed by atoms with Crippen molar-refractivity contribution < 1.29 is 4.79 Å². The van der Waals surface area contributed by atoms with Crippen LogP contribution in [0.2, 0.25) is 0 Å². The van der Waals surface area contributed by atoms with Crippen LogP contribution in [0.15, 0.2) is 47.8 Å². The molecule has 1 aromatic carbocycles. The summed E-state index contributed by atoms with van der Waals surface area (Å²) in [7, 11) is 0. The van der Waals surface area contributed by atoms with Crippen molar-refractivity contribution in [2.75, 3.05) is 13.1 Å². The van der Waals surface area contributed by atoms with Crippen molar-refractivity contribution >= 4 is 17.2 Å². The molecule has 3 nitrogen and oxygen atoms in total. The van der Waals surface area contributed by atoms with E-state index in [4.69, 9.17) is 0 Å². The van der Waals surface area contributed by atoms with E-state index in [0.29, 0.717) is 13.0 Å². The van der Waals surface area contributed by atoms with Crippen LogP contribution in [-0.2, 0) is 4.79 Å². The Labute approximate surface area is 124 Å². The van der Waals surface area contributed by atoms with Gasteiger partial charge in [0, 0.05) is 17.8 Å². The number of rotatable bonds is 7. The number of carbonyl (C=O) groups excluding carboxylic acids is 1. The van der Waals surface area contributed by atoms with Gasteiger partial charge in [-0.1, -0.05) is 43.3 Å². The monoisotopic (exact) mass is 288 g/mol. The van der Waals surface area contributed by atoms with Gasteiger partial charge in [0.25, 0.3) is 0 Å². The Kier molecular flexibility index (Phi) is 5.77. The second kappa shape index (κ2) is 7.82. The highest BCUT2D eigenvalue weighted by Gasteiger charge is 2.17. The molecule has 2 N–H and O–H groups in total. The van der Waals surface area contributed by atoms with Gasteiger partial charge in [-0.15, -0.1) is 11.3 Å². The molecule has 0 aliphatic carbocycles. The van der Waals surface area contributed by atoms with Crippen molar-refractivity contribution in [1.29, 1.82) is 0 Å². The summed E-state index contributed by atoms with van der Waals surface area (Å²) in [5.41, 5.74) is 1.12. The number of benzene rings is 1. The Bertz CT molecular complexity index is 511. The lowest BCUT2D eigenvalue weighted by atomic mass is 10.1. The van der Waals surface area contributed by atoms with Gasteiger partial charge in [0.05, 0.1) is 6.04 Å². The molecule has 0 saturated heterocycles. The van der Waals surface area contributed by atoms with E-state index in [1.165, 1.54) is 0 Å². The van der Waals surface area contributed by atoms with Crippen LogP contribution >= 0.6 is 11.3 Å². The van der Waals surface area contributed by atoms with Crippen molar-refractivity contribution in [3.8, 4) is 0 Å². The fourth-order valence-corrected chi connectivity index (χ4v) is 2.83. The lowest BCUT2D eigenvalue weighted by Gasteiger charge is -2.18. The highest BCUT2D eigenvalue weighted by atomic mass is 32.1. The largest absolute Gasteiger partial charge is 0.344 e. The second-order valence-electron chi connectivity index (χ2n) is 4.53. The average Bonchev–Trinajstić information content (AvgIpc) is 3.00. The molecule has 4 heteroatoms. The van der Waals surface area contributed by atoms with Gasteiger partial charge in [0.15, 0.2) is 0 Å². The molecule has 2 rings (SSSR count). The zero-order chi connectivity index (χ0) is 14.2. The van der Waals surface area contributed by atoms with Crippen LogP contribution in [0.25, 0.3) is 0 Å². The third-order valence-electron chi connectivity index (χ3n) is 3.04. The molecule has 0 bridgehead atoms. The predicted molar refractivity (Wildman–Crippen MR) is 83.9 cm³/mol. The predicted octanol–water partition coefficient (Wildman–Crippen LogP) is 2.95. The van der Waals surface area contributed by atoms with Crippen molar-refractivity contribution in [3.63, 3.8) is 0 Å². The first-order chi connectivity index (χ1) is 9.81. The third kappa shape index (κ3) is 4.18. The van der Waals surface area contributed by atoms with Crippen molar-refractivity contribution in [2.45, 2.75) is 19.4 Å². The molecule has 1 heterocycles. The molecule has 0 radical (unpaired) electrons. The van der Waals surface area contributed by atoms with Crippen LogP contribution in [0.1, 0.15) is 29.8 Å². The molecule has 106 valence electrons. The fourth-order valence-electron chi connectivity index (χ4n) is 2.03. The number of nitrogens with one attached hydrogen (secondary N) is 2. The minimum absolute atomic E-state index is 0.0506. The minimum atomic E-state index is -0.0506. The minimum Gasteiger partial charge on any atom is -0.344 e. The van der Waals surface area contributed by atoms with Crippen LogP contribution in [0.3, 0.4) is 0 Å². The lowest BCUT2D eigenvalue weighted by Crippen LogP contribution is -2.31. The summed E-state index contributed by atoms with van der Waals surface area (Å²) in [5, 5.41) is 8.33. The standard InChI is InChI=1S/C16H20N2OS/c1-2-17-11-10-15(19)18-16(14-9-6-12-20-14)13-7-4-3-5-8-13/h3-9,12,16-17H,2,10-11H2,1H3,(H,18,19). The van der Waals surface area contributed by atoms with Gasteiger partial charge in [-0.2, -0.15) is 0 Å². The SMILES string of the molecule is CCNCCC(=O)NC(c1ccccc1)c1cccs1. The van der Waals surface area contributed by atoms with Crippen LogP contribution in [0.4, 0.5) is 0 Å². The Balaban J connectivity index is 2.06. The smallest absolute Gasteiger partial charge is 0.222 e. The number of thiophene rings is 1. The molecule has 1 atom stereocenters. The van der Waals surface area contributed by atoms with Crippen LogP contribution in [-0.4, -0.2) is 19.0 Å². The van der Waals surface area contributed by atoms with E-state index in [2.05, 4.69) is 28.8 Å². The van der Waals surface area contributed by atoms with E-state index < -0.39 is 0 Å². The fraction of sp³-hybridized carbons (Fsp3) is 0.312. The summed E-state index contributed by atoms with van der Waals surface area (Å²) >= 11 is 1.67. The number of hydrogen-bond acceptors (Lipinski definition) is 3. The first-order valence-electron chi connectivity index (χ1n) is 6.89. The van der Waals surface area contributed by atoms with Gasteiger partial charge in [0.1, 0.15) is 0 Å². The van der Waals surface area contributed by atoms with Crippen molar-refractivity contribution in [2.24, 2.45) is 0 Å². The Morgan fingerprint density at radius 2 is 2.00 bits per heavy atom. The zero-order valence-electron chi connectivity index (χ0n) is 11.6. The molecule has 0 aliphatic rings. The Hall–Kier alpha value is -1.65. The van der Waals surface area contributed by atoms with E-state index in [0.717, 1.165) is 17.0 Å². The van der Waals surface area contributed by atoms with Gasteiger partial charge >= 0.3 is 0 Å². The number of carbonyl (C=O) groups is 1. The summed E-state index contributed by atoms with van der Waals surface area (Å²) in [6.07, 6.45) is 0.503. The quantitative estimate of drug-likeness (QED) is 0.769. The number of hydrogen-bond donors (Lipinski definition) is 2. The Morgan fingerprint density at radius 3 is 2.65 bits per heavy atom. The summed E-state index contributed by atoms with van der Waals surface area (Å²) in [6, 6.07) is 14.1. The lowest BCUT2D eigenvalue weighted by molar-refractivity contribution is -0.121. The first-order valence-corrected chi connectivity index (χ1v) is 7.77. The van der Waals surface area contributed by atoms with E-state index in [-0.39, 0.29) is 11.9 Å². The summed E-state index contributed by atoms with van der Waals surface area (Å²) < 4.78 is 0. The normalized spacial score (nSPS) is 12.1. The van der Waals surface area contributed by atoms with E-state index >= 15 is 0 Å². The summed E-state index contributed by atoms with van der Waals surface area (Å²) in [4.78, 5) is 13.2. The van der Waals surface area contributed by atoms with Crippen LogP contribution < -0.4 is 10.6 Å². The molecule has 1 amide bonds. The molecule has 0 spiro atoms. The summed E-state index contributed by atoms with van der Waals surface area (Å²) in [5.74, 6) is 0.0770. The van der Waals surface area contributed by atoms with Crippen LogP contribution in [0, 0.1) is 0 Å². The van der Waals surface area contributed by atoms with Crippen molar-refractivity contribution in [1.82, 2.24) is 10.6 Å². The number of amides is 1.